The van der Waals surface area contributed by atoms with Gasteiger partial charge in [0, 0.05) is 11.0 Å². The molecule has 0 radical (unpaired) electrons. The molecule has 1 aromatic rings. The van der Waals surface area contributed by atoms with Gasteiger partial charge in [0.2, 0.25) is 0 Å². The second-order valence-electron chi connectivity index (χ2n) is 3.79. The van der Waals surface area contributed by atoms with Gasteiger partial charge in [-0.15, -0.1) is 6.58 Å². The smallest absolute Gasteiger partial charge is 0.323 e. The number of nitriles is 1. The van der Waals surface area contributed by atoms with E-state index in [1.807, 2.05) is 6.07 Å². The van der Waals surface area contributed by atoms with Gasteiger partial charge in [-0.2, -0.15) is 5.26 Å². The van der Waals surface area contributed by atoms with Gasteiger partial charge in [-0.3, -0.25) is 4.79 Å². The van der Waals surface area contributed by atoms with Crippen molar-refractivity contribution in [3.63, 3.8) is 0 Å². The quantitative estimate of drug-likeness (QED) is 0.807. The van der Waals surface area contributed by atoms with Crippen LogP contribution in [0.15, 0.2) is 35.3 Å². The largest absolute Gasteiger partial charge is 0.480 e. The van der Waals surface area contributed by atoms with Crippen molar-refractivity contribution in [1.82, 2.24) is 4.90 Å². The first-order valence-electron chi connectivity index (χ1n) is 5.56. The van der Waals surface area contributed by atoms with E-state index in [-0.39, 0.29) is 12.1 Å². The molecule has 1 aromatic carbocycles. The average molecular weight is 338 g/mol. The molecule has 0 atom stereocenters. The molecular weight excluding hydrogens is 326 g/mol. The Morgan fingerprint density at radius 3 is 2.80 bits per heavy atom. The SMILES string of the molecule is C=CCN(CC(=O)O)C(=O)Nc1ccc(Br)cc1C#N. The molecule has 0 aliphatic carbocycles. The van der Waals surface area contributed by atoms with Gasteiger partial charge >= 0.3 is 12.0 Å². The van der Waals surface area contributed by atoms with E-state index in [0.717, 1.165) is 4.90 Å². The number of nitrogens with one attached hydrogen (secondary N) is 1. The zero-order chi connectivity index (χ0) is 15.1. The molecule has 104 valence electrons. The fourth-order valence-electron chi connectivity index (χ4n) is 1.45. The van der Waals surface area contributed by atoms with Crippen LogP contribution in [-0.2, 0) is 4.79 Å². The summed E-state index contributed by atoms with van der Waals surface area (Å²) >= 11 is 3.22. The number of carboxylic acid groups (broad SMARTS) is 1. The summed E-state index contributed by atoms with van der Waals surface area (Å²) in [6.07, 6.45) is 1.43. The first kappa shape index (κ1) is 15.7. The number of carbonyl (C=O) groups excluding carboxylic acids is 1. The van der Waals surface area contributed by atoms with Crippen molar-refractivity contribution >= 4 is 33.6 Å². The van der Waals surface area contributed by atoms with E-state index in [0.29, 0.717) is 10.2 Å². The van der Waals surface area contributed by atoms with E-state index in [4.69, 9.17) is 10.4 Å². The molecule has 0 aromatic heterocycles. The summed E-state index contributed by atoms with van der Waals surface area (Å²) in [5.74, 6) is -1.13. The number of carboxylic acids is 1. The van der Waals surface area contributed by atoms with Crippen LogP contribution >= 0.6 is 15.9 Å². The molecule has 7 heteroatoms. The van der Waals surface area contributed by atoms with Crippen molar-refractivity contribution in [2.45, 2.75) is 0 Å². The summed E-state index contributed by atoms with van der Waals surface area (Å²) in [7, 11) is 0. The first-order chi connectivity index (χ1) is 9.47. The number of aliphatic carboxylic acids is 1. The third-order valence-electron chi connectivity index (χ3n) is 2.31. The monoisotopic (exact) mass is 337 g/mol. The summed E-state index contributed by atoms with van der Waals surface area (Å²) < 4.78 is 0.709. The Labute approximate surface area is 124 Å². The van der Waals surface area contributed by atoms with Gasteiger partial charge in [-0.25, -0.2) is 4.79 Å². The zero-order valence-corrected chi connectivity index (χ0v) is 12.1. The van der Waals surface area contributed by atoms with E-state index in [1.165, 1.54) is 6.08 Å². The lowest BCUT2D eigenvalue weighted by Crippen LogP contribution is -2.38. The Morgan fingerprint density at radius 1 is 1.55 bits per heavy atom. The standard InChI is InChI=1S/C13H12BrN3O3/c1-2-5-17(8-12(18)19)13(20)16-11-4-3-10(14)6-9(11)7-15/h2-4,6H,1,5,8H2,(H,16,20)(H,18,19). The molecule has 0 fully saturated rings. The number of nitrogens with zero attached hydrogens (tertiary/aromatic N) is 2. The van der Waals surface area contributed by atoms with Crippen molar-refractivity contribution in [3.05, 3.63) is 40.9 Å². The third-order valence-corrected chi connectivity index (χ3v) is 2.80. The maximum atomic E-state index is 12.0. The summed E-state index contributed by atoms with van der Waals surface area (Å²) in [5, 5.41) is 20.3. The number of benzene rings is 1. The molecule has 1 rings (SSSR count). The van der Waals surface area contributed by atoms with Crippen molar-refractivity contribution < 1.29 is 14.7 Å². The van der Waals surface area contributed by atoms with E-state index in [2.05, 4.69) is 27.8 Å². The van der Waals surface area contributed by atoms with Gasteiger partial charge in [-0.05, 0) is 18.2 Å². The number of carbonyl (C=O) groups is 2. The maximum Gasteiger partial charge on any atom is 0.323 e. The molecule has 0 unspecified atom stereocenters. The molecule has 6 nitrogen and oxygen atoms in total. The number of rotatable bonds is 5. The highest BCUT2D eigenvalue weighted by atomic mass is 79.9. The second kappa shape index (κ2) is 7.31. The van der Waals surface area contributed by atoms with Gasteiger partial charge < -0.3 is 15.3 Å². The van der Waals surface area contributed by atoms with Crippen LogP contribution in [-0.4, -0.2) is 35.1 Å². The van der Waals surface area contributed by atoms with Crippen LogP contribution in [0, 0.1) is 11.3 Å². The Morgan fingerprint density at radius 2 is 2.25 bits per heavy atom. The summed E-state index contributed by atoms with van der Waals surface area (Å²) in [6.45, 7) is 3.12. The van der Waals surface area contributed by atoms with Crippen LogP contribution in [0.3, 0.4) is 0 Å². The van der Waals surface area contributed by atoms with Crippen LogP contribution in [0.1, 0.15) is 5.56 Å². The van der Waals surface area contributed by atoms with Crippen molar-refractivity contribution in [2.75, 3.05) is 18.4 Å². The second-order valence-corrected chi connectivity index (χ2v) is 4.71. The van der Waals surface area contributed by atoms with E-state index in [9.17, 15) is 9.59 Å². The Bertz CT molecular complexity index is 581. The number of urea groups is 1. The van der Waals surface area contributed by atoms with Crippen molar-refractivity contribution in [3.8, 4) is 6.07 Å². The molecule has 0 aliphatic heterocycles. The highest BCUT2D eigenvalue weighted by molar-refractivity contribution is 9.10. The van der Waals surface area contributed by atoms with Crippen LogP contribution in [0.2, 0.25) is 0 Å². The molecule has 0 saturated carbocycles. The molecule has 0 saturated heterocycles. The minimum Gasteiger partial charge on any atom is -0.480 e. The van der Waals surface area contributed by atoms with Crippen LogP contribution in [0.25, 0.3) is 0 Å². The molecule has 0 bridgehead atoms. The van der Waals surface area contributed by atoms with Gasteiger partial charge in [-0.1, -0.05) is 22.0 Å². The molecule has 0 aliphatic rings. The maximum absolute atomic E-state index is 12.0. The first-order valence-corrected chi connectivity index (χ1v) is 6.35. The third kappa shape index (κ3) is 4.40. The Kier molecular flexibility index (Phi) is 5.74. The summed E-state index contributed by atoms with van der Waals surface area (Å²) in [6, 6.07) is 6.14. The van der Waals surface area contributed by atoms with Crippen molar-refractivity contribution in [1.29, 1.82) is 5.26 Å². The minimum atomic E-state index is -1.13. The highest BCUT2D eigenvalue weighted by Gasteiger charge is 2.16. The minimum absolute atomic E-state index is 0.0938. The lowest BCUT2D eigenvalue weighted by atomic mass is 10.2. The molecule has 0 heterocycles. The van der Waals surface area contributed by atoms with Crippen molar-refractivity contribution in [2.24, 2.45) is 0 Å². The predicted molar refractivity (Wildman–Crippen MR) is 77.3 cm³/mol. The number of amides is 2. The van der Waals surface area contributed by atoms with E-state index in [1.54, 1.807) is 18.2 Å². The molecule has 20 heavy (non-hydrogen) atoms. The summed E-state index contributed by atoms with van der Waals surface area (Å²) in [4.78, 5) is 23.7. The number of halogens is 1. The zero-order valence-electron chi connectivity index (χ0n) is 10.5. The average Bonchev–Trinajstić information content (AvgIpc) is 2.39. The van der Waals surface area contributed by atoms with E-state index < -0.39 is 18.5 Å². The number of hydrogen-bond donors (Lipinski definition) is 2. The summed E-state index contributed by atoms with van der Waals surface area (Å²) in [5.41, 5.74) is 0.599. The highest BCUT2D eigenvalue weighted by Crippen LogP contribution is 2.20. The molecule has 0 spiro atoms. The normalized spacial score (nSPS) is 9.40. The fourth-order valence-corrected chi connectivity index (χ4v) is 1.81. The van der Waals surface area contributed by atoms with Gasteiger partial charge in [0.1, 0.15) is 12.6 Å². The van der Waals surface area contributed by atoms with Gasteiger partial charge in [0.15, 0.2) is 0 Å². The Hall–Kier alpha value is -2.33. The fraction of sp³-hybridized carbons (Fsp3) is 0.154. The van der Waals surface area contributed by atoms with E-state index >= 15 is 0 Å². The molecule has 2 N–H and O–H groups in total. The van der Waals surface area contributed by atoms with Crippen LogP contribution < -0.4 is 5.32 Å². The van der Waals surface area contributed by atoms with Gasteiger partial charge in [0.05, 0.1) is 11.3 Å². The number of anilines is 1. The Balaban J connectivity index is 2.90. The number of hydrogen-bond acceptors (Lipinski definition) is 3. The lowest BCUT2D eigenvalue weighted by Gasteiger charge is -2.19. The predicted octanol–water partition coefficient (Wildman–Crippen LogP) is 2.43. The lowest BCUT2D eigenvalue weighted by molar-refractivity contribution is -0.137. The topological polar surface area (TPSA) is 93.4 Å². The molecule has 2 amide bonds. The van der Waals surface area contributed by atoms with Gasteiger partial charge in [0.25, 0.3) is 0 Å². The van der Waals surface area contributed by atoms with Crippen LogP contribution in [0.4, 0.5) is 10.5 Å². The molecular formula is C13H12BrN3O3. The van der Waals surface area contributed by atoms with Crippen LogP contribution in [0.5, 0.6) is 0 Å².